The van der Waals surface area contributed by atoms with Crippen molar-refractivity contribution < 1.29 is 19.1 Å². The number of halogens is 1. The van der Waals surface area contributed by atoms with E-state index < -0.39 is 0 Å². The number of thiophene rings is 2. The summed E-state index contributed by atoms with van der Waals surface area (Å²) in [5.41, 5.74) is 1.17. The van der Waals surface area contributed by atoms with E-state index in [1.165, 1.54) is 16.2 Å². The smallest absolute Gasteiger partial charge is 0.340 e. The molecule has 0 aliphatic carbocycles. The fourth-order valence-electron chi connectivity index (χ4n) is 1.83. The summed E-state index contributed by atoms with van der Waals surface area (Å²) < 4.78 is 10.2. The molecule has 7 heteroatoms. The Morgan fingerprint density at radius 1 is 0.960 bits per heavy atom. The molecule has 2 aromatic rings. The highest BCUT2D eigenvalue weighted by molar-refractivity contribution is 7.16. The van der Waals surface area contributed by atoms with Crippen LogP contribution in [0.2, 0.25) is 4.34 Å². The van der Waals surface area contributed by atoms with E-state index in [0.717, 1.165) is 17.7 Å². The van der Waals surface area contributed by atoms with Crippen LogP contribution in [0.5, 0.6) is 0 Å². The first kappa shape index (κ1) is 21.7. The van der Waals surface area contributed by atoms with Crippen molar-refractivity contribution in [2.45, 2.75) is 40.5 Å². The molecular weight excluding hydrogens is 380 g/mol. The summed E-state index contributed by atoms with van der Waals surface area (Å²) in [7, 11) is 0. The molecule has 0 aliphatic rings. The molecule has 0 atom stereocenters. The highest BCUT2D eigenvalue weighted by Crippen LogP contribution is 2.28. The number of hydrogen-bond donors (Lipinski definition) is 0. The molecule has 0 spiro atoms. The Kier molecular flexibility index (Phi) is 9.78. The summed E-state index contributed by atoms with van der Waals surface area (Å²) in [5, 5.41) is 1.84. The van der Waals surface area contributed by atoms with Crippen LogP contribution in [0.15, 0.2) is 17.5 Å². The lowest BCUT2D eigenvalue weighted by molar-refractivity contribution is 0.0517. The maximum atomic E-state index is 11.3. The number of ether oxygens (including phenoxy) is 2. The fourth-order valence-corrected chi connectivity index (χ4v) is 3.86. The average Bonchev–Trinajstić information content (AvgIpc) is 3.22. The van der Waals surface area contributed by atoms with Crippen molar-refractivity contribution in [3.8, 4) is 0 Å². The van der Waals surface area contributed by atoms with Gasteiger partial charge < -0.3 is 9.47 Å². The van der Waals surface area contributed by atoms with Crippen LogP contribution >= 0.6 is 34.3 Å². The van der Waals surface area contributed by atoms with Crippen LogP contribution < -0.4 is 0 Å². The quantitative estimate of drug-likeness (QED) is 0.587. The van der Waals surface area contributed by atoms with Gasteiger partial charge in [0.25, 0.3) is 0 Å². The molecule has 0 aliphatic heterocycles. The van der Waals surface area contributed by atoms with E-state index in [4.69, 9.17) is 21.1 Å². The maximum absolute atomic E-state index is 11.3. The van der Waals surface area contributed by atoms with Crippen molar-refractivity contribution in [1.29, 1.82) is 0 Å². The molecule has 2 rings (SSSR count). The lowest BCUT2D eigenvalue weighted by Gasteiger charge is -1.97. The van der Waals surface area contributed by atoms with Gasteiger partial charge in [-0.05, 0) is 38.8 Å². The SMILES string of the molecule is CCOC(=O)c1cc(CC)sc1Cl.CCOC(=O)c1csc(CC)c1. The zero-order chi connectivity index (χ0) is 18.8. The average molecular weight is 403 g/mol. The Bertz CT molecular complexity index is 691. The highest BCUT2D eigenvalue weighted by atomic mass is 35.5. The van der Waals surface area contributed by atoms with E-state index in [9.17, 15) is 9.59 Å². The second kappa shape index (κ2) is 11.3. The zero-order valence-corrected chi connectivity index (χ0v) is 17.3. The van der Waals surface area contributed by atoms with Crippen LogP contribution in [0, 0.1) is 0 Å². The summed E-state index contributed by atoms with van der Waals surface area (Å²) in [6.45, 7) is 8.50. The molecule has 0 aromatic carbocycles. The van der Waals surface area contributed by atoms with Gasteiger partial charge in [-0.1, -0.05) is 25.4 Å². The van der Waals surface area contributed by atoms with Gasteiger partial charge in [0.1, 0.15) is 4.34 Å². The molecule has 2 aromatic heterocycles. The lowest BCUT2D eigenvalue weighted by Crippen LogP contribution is -2.03. The van der Waals surface area contributed by atoms with E-state index in [0.29, 0.717) is 28.7 Å². The molecule has 4 nitrogen and oxygen atoms in total. The van der Waals surface area contributed by atoms with Crippen molar-refractivity contribution in [2.24, 2.45) is 0 Å². The van der Waals surface area contributed by atoms with Crippen molar-refractivity contribution in [3.63, 3.8) is 0 Å². The van der Waals surface area contributed by atoms with E-state index in [1.54, 1.807) is 24.3 Å². The van der Waals surface area contributed by atoms with Crippen molar-refractivity contribution in [2.75, 3.05) is 13.2 Å². The molecule has 25 heavy (non-hydrogen) atoms. The van der Waals surface area contributed by atoms with Gasteiger partial charge in [-0.2, -0.15) is 0 Å². The predicted molar refractivity (Wildman–Crippen MR) is 104 cm³/mol. The topological polar surface area (TPSA) is 52.6 Å². The van der Waals surface area contributed by atoms with E-state index >= 15 is 0 Å². The summed E-state index contributed by atoms with van der Waals surface area (Å²) in [6, 6.07) is 3.69. The lowest BCUT2D eigenvalue weighted by atomic mass is 10.3. The number of carbonyl (C=O) groups is 2. The molecule has 138 valence electrons. The molecule has 0 saturated carbocycles. The summed E-state index contributed by atoms with van der Waals surface area (Å²) >= 11 is 8.91. The van der Waals surface area contributed by atoms with E-state index in [-0.39, 0.29) is 11.9 Å². The number of carbonyl (C=O) groups excluding carboxylic acids is 2. The van der Waals surface area contributed by atoms with E-state index in [2.05, 4.69) is 6.92 Å². The Hall–Kier alpha value is -1.37. The number of esters is 2. The Labute approximate surface area is 161 Å². The third-order valence-corrected chi connectivity index (χ3v) is 5.68. The van der Waals surface area contributed by atoms with Crippen LogP contribution in [-0.2, 0) is 22.3 Å². The third kappa shape index (κ3) is 6.80. The first-order valence-electron chi connectivity index (χ1n) is 8.16. The van der Waals surface area contributed by atoms with Crippen LogP contribution in [0.1, 0.15) is 58.2 Å². The Morgan fingerprint density at radius 2 is 1.56 bits per heavy atom. The molecule has 2 heterocycles. The third-order valence-electron chi connectivity index (χ3n) is 3.09. The van der Waals surface area contributed by atoms with Gasteiger partial charge in [-0.3, -0.25) is 0 Å². The largest absolute Gasteiger partial charge is 0.462 e. The minimum atomic E-state index is -0.330. The highest BCUT2D eigenvalue weighted by Gasteiger charge is 2.14. The molecule has 0 saturated heterocycles. The van der Waals surface area contributed by atoms with Gasteiger partial charge in [0.15, 0.2) is 0 Å². The summed E-state index contributed by atoms with van der Waals surface area (Å²) in [4.78, 5) is 24.8. The van der Waals surface area contributed by atoms with Gasteiger partial charge >= 0.3 is 11.9 Å². The number of aryl methyl sites for hydroxylation is 2. The predicted octanol–water partition coefficient (Wildman–Crippen LogP) is 5.63. The second-order valence-corrected chi connectivity index (χ2v) is 7.58. The first-order valence-corrected chi connectivity index (χ1v) is 10.2. The Morgan fingerprint density at radius 3 is 2.04 bits per heavy atom. The van der Waals surface area contributed by atoms with Crippen LogP contribution in [-0.4, -0.2) is 25.2 Å². The molecule has 0 unspecified atom stereocenters. The second-order valence-electron chi connectivity index (χ2n) is 4.85. The normalized spacial score (nSPS) is 9.96. The fraction of sp³-hybridized carbons (Fsp3) is 0.444. The number of hydrogen-bond acceptors (Lipinski definition) is 6. The standard InChI is InChI=1S/C9H11ClO2S.C9H12O2S/c1-3-6-5-7(8(10)13-6)9(11)12-4-2;1-3-8-5-7(6-12-8)9(10)11-4-2/h5H,3-4H2,1-2H3;5-6H,3-4H2,1-2H3. The van der Waals surface area contributed by atoms with Crippen molar-refractivity contribution in [1.82, 2.24) is 0 Å². The minimum Gasteiger partial charge on any atom is -0.462 e. The first-order chi connectivity index (χ1) is 12.0. The van der Waals surface area contributed by atoms with Gasteiger partial charge in [0, 0.05) is 15.1 Å². The van der Waals surface area contributed by atoms with E-state index in [1.807, 2.05) is 25.3 Å². The van der Waals surface area contributed by atoms with Crippen LogP contribution in [0.4, 0.5) is 0 Å². The van der Waals surface area contributed by atoms with Crippen LogP contribution in [0.3, 0.4) is 0 Å². The van der Waals surface area contributed by atoms with Gasteiger partial charge in [-0.25, -0.2) is 9.59 Å². The van der Waals surface area contributed by atoms with Gasteiger partial charge in [0.05, 0.1) is 24.3 Å². The molecule has 0 fully saturated rings. The zero-order valence-electron chi connectivity index (χ0n) is 14.9. The summed E-state index contributed by atoms with van der Waals surface area (Å²) in [5.74, 6) is -0.545. The maximum Gasteiger partial charge on any atom is 0.340 e. The molecule has 0 N–H and O–H groups in total. The molecule has 0 radical (unpaired) electrons. The minimum absolute atomic E-state index is 0.214. The molecule has 0 bridgehead atoms. The van der Waals surface area contributed by atoms with Gasteiger partial charge in [-0.15, -0.1) is 22.7 Å². The summed E-state index contributed by atoms with van der Waals surface area (Å²) in [6.07, 6.45) is 1.87. The molecular formula is C18H23ClO4S2. The van der Waals surface area contributed by atoms with Crippen molar-refractivity contribution in [3.05, 3.63) is 42.7 Å². The number of rotatable bonds is 6. The van der Waals surface area contributed by atoms with Crippen LogP contribution in [0.25, 0.3) is 0 Å². The molecule has 0 amide bonds. The van der Waals surface area contributed by atoms with Crippen molar-refractivity contribution >= 4 is 46.2 Å². The Balaban J connectivity index is 0.000000251. The van der Waals surface area contributed by atoms with Gasteiger partial charge in [0.2, 0.25) is 0 Å². The monoisotopic (exact) mass is 402 g/mol.